The molecule has 0 saturated heterocycles. The molecule has 0 bridgehead atoms. The summed E-state index contributed by atoms with van der Waals surface area (Å²) >= 11 is 1.41. The third-order valence-electron chi connectivity index (χ3n) is 3.24. The number of pyridine rings is 1. The number of nitrogens with one attached hydrogen (secondary N) is 1. The molecular weight excluding hydrogens is 286 g/mol. The van der Waals surface area contributed by atoms with Crippen molar-refractivity contribution in [3.05, 3.63) is 69.5 Å². The largest absolute Gasteiger partial charge is 0.350 e. The summed E-state index contributed by atoms with van der Waals surface area (Å²) in [6.07, 6.45) is 3.41. The van der Waals surface area contributed by atoms with E-state index in [1.165, 1.54) is 23.5 Å². The van der Waals surface area contributed by atoms with E-state index < -0.39 is 0 Å². The SMILES string of the molecule is NNC(=O)c1sc2ccccc2c1Cn1ccc(=O)cc1. The summed E-state index contributed by atoms with van der Waals surface area (Å²) in [4.78, 5) is 23.7. The maximum Gasteiger partial charge on any atom is 0.275 e. The third kappa shape index (κ3) is 2.58. The number of hydrogen-bond acceptors (Lipinski definition) is 4. The van der Waals surface area contributed by atoms with Crippen molar-refractivity contribution in [1.82, 2.24) is 9.99 Å². The maximum atomic E-state index is 12.0. The Morgan fingerprint density at radius 2 is 1.90 bits per heavy atom. The van der Waals surface area contributed by atoms with Gasteiger partial charge in [-0.1, -0.05) is 18.2 Å². The Kier molecular flexibility index (Phi) is 3.55. The minimum Gasteiger partial charge on any atom is -0.350 e. The first-order chi connectivity index (χ1) is 10.2. The number of thiophene rings is 1. The van der Waals surface area contributed by atoms with Crippen molar-refractivity contribution in [2.24, 2.45) is 5.84 Å². The highest BCUT2D eigenvalue weighted by atomic mass is 32.1. The number of nitrogens with two attached hydrogens (primary N) is 1. The van der Waals surface area contributed by atoms with Crippen LogP contribution in [0.15, 0.2) is 53.6 Å². The molecule has 2 heterocycles. The maximum absolute atomic E-state index is 12.0. The first kappa shape index (κ1) is 13.5. The number of aromatic nitrogens is 1. The van der Waals surface area contributed by atoms with Crippen molar-refractivity contribution < 1.29 is 4.79 Å². The summed E-state index contributed by atoms with van der Waals surface area (Å²) in [7, 11) is 0. The third-order valence-corrected chi connectivity index (χ3v) is 4.45. The van der Waals surface area contributed by atoms with Gasteiger partial charge in [0.1, 0.15) is 0 Å². The lowest BCUT2D eigenvalue weighted by Crippen LogP contribution is -2.30. The van der Waals surface area contributed by atoms with Gasteiger partial charge in [0, 0.05) is 41.3 Å². The summed E-state index contributed by atoms with van der Waals surface area (Å²) in [5.41, 5.74) is 3.05. The standard InChI is InChI=1S/C15H13N3O2S/c16-17-15(20)14-12(9-18-7-5-10(19)6-8-18)11-3-1-2-4-13(11)21-14/h1-8H,9,16H2,(H,17,20). The van der Waals surface area contributed by atoms with Gasteiger partial charge < -0.3 is 4.57 Å². The number of nitrogens with zero attached hydrogens (tertiary/aromatic N) is 1. The van der Waals surface area contributed by atoms with E-state index in [0.717, 1.165) is 15.6 Å². The first-order valence-corrected chi connectivity index (χ1v) is 7.18. The van der Waals surface area contributed by atoms with Crippen molar-refractivity contribution in [2.75, 3.05) is 0 Å². The molecule has 0 radical (unpaired) electrons. The van der Waals surface area contributed by atoms with Crippen molar-refractivity contribution in [3.8, 4) is 0 Å². The highest BCUT2D eigenvalue weighted by Gasteiger charge is 2.17. The van der Waals surface area contributed by atoms with Gasteiger partial charge in [0.05, 0.1) is 4.88 Å². The predicted molar refractivity (Wildman–Crippen MR) is 83.3 cm³/mol. The van der Waals surface area contributed by atoms with Crippen LogP contribution in [-0.2, 0) is 6.54 Å². The van der Waals surface area contributed by atoms with E-state index in [4.69, 9.17) is 5.84 Å². The van der Waals surface area contributed by atoms with Crippen LogP contribution in [0.3, 0.4) is 0 Å². The van der Waals surface area contributed by atoms with E-state index in [1.807, 2.05) is 28.8 Å². The highest BCUT2D eigenvalue weighted by Crippen LogP contribution is 2.31. The fourth-order valence-electron chi connectivity index (χ4n) is 2.24. The normalized spacial score (nSPS) is 10.7. The minimum absolute atomic E-state index is 0.0404. The Bertz CT molecular complexity index is 846. The zero-order chi connectivity index (χ0) is 14.8. The predicted octanol–water partition coefficient (Wildman–Crippen LogP) is 1.71. The van der Waals surface area contributed by atoms with Crippen LogP contribution in [0.4, 0.5) is 0 Å². The number of carbonyl (C=O) groups excluding carboxylic acids is 1. The number of amides is 1. The summed E-state index contributed by atoms with van der Waals surface area (Å²) in [5.74, 6) is 4.97. The quantitative estimate of drug-likeness (QED) is 0.439. The molecule has 2 aromatic heterocycles. The van der Waals surface area contributed by atoms with Crippen LogP contribution < -0.4 is 16.7 Å². The molecule has 1 amide bonds. The van der Waals surface area contributed by atoms with E-state index in [9.17, 15) is 9.59 Å². The molecule has 0 aliphatic rings. The van der Waals surface area contributed by atoms with Crippen LogP contribution in [0.2, 0.25) is 0 Å². The fraction of sp³-hybridized carbons (Fsp3) is 0.0667. The second kappa shape index (κ2) is 5.51. The topological polar surface area (TPSA) is 77.1 Å². The summed E-state index contributed by atoms with van der Waals surface area (Å²) in [6.45, 7) is 0.507. The van der Waals surface area contributed by atoms with Gasteiger partial charge in [-0.05, 0) is 11.5 Å². The Morgan fingerprint density at radius 3 is 2.62 bits per heavy atom. The molecule has 0 aliphatic carbocycles. The van der Waals surface area contributed by atoms with Gasteiger partial charge in [0.25, 0.3) is 5.91 Å². The second-order valence-electron chi connectivity index (χ2n) is 4.59. The second-order valence-corrected chi connectivity index (χ2v) is 5.64. The zero-order valence-electron chi connectivity index (χ0n) is 11.1. The van der Waals surface area contributed by atoms with E-state index in [0.29, 0.717) is 11.4 Å². The molecule has 0 saturated carbocycles. The monoisotopic (exact) mass is 299 g/mol. The van der Waals surface area contributed by atoms with Crippen LogP contribution in [0.1, 0.15) is 15.2 Å². The van der Waals surface area contributed by atoms with Gasteiger partial charge in [0.2, 0.25) is 0 Å². The van der Waals surface area contributed by atoms with Crippen LogP contribution >= 0.6 is 11.3 Å². The molecular formula is C15H13N3O2S. The van der Waals surface area contributed by atoms with Crippen LogP contribution in [0.5, 0.6) is 0 Å². The lowest BCUT2D eigenvalue weighted by Gasteiger charge is -2.07. The highest BCUT2D eigenvalue weighted by molar-refractivity contribution is 7.21. The average molecular weight is 299 g/mol. The van der Waals surface area contributed by atoms with Gasteiger partial charge in [-0.15, -0.1) is 11.3 Å². The lowest BCUT2D eigenvalue weighted by atomic mass is 10.1. The van der Waals surface area contributed by atoms with Gasteiger partial charge >= 0.3 is 0 Å². The van der Waals surface area contributed by atoms with Crippen LogP contribution in [0, 0.1) is 0 Å². The summed E-state index contributed by atoms with van der Waals surface area (Å²) in [5, 5.41) is 1.03. The lowest BCUT2D eigenvalue weighted by molar-refractivity contribution is 0.0957. The Balaban J connectivity index is 2.12. The number of carbonyl (C=O) groups is 1. The molecule has 6 heteroatoms. The molecule has 0 atom stereocenters. The number of nitrogen functional groups attached to an aromatic ring is 1. The van der Waals surface area contributed by atoms with Crippen molar-refractivity contribution in [2.45, 2.75) is 6.54 Å². The molecule has 3 N–H and O–H groups in total. The molecule has 21 heavy (non-hydrogen) atoms. The zero-order valence-corrected chi connectivity index (χ0v) is 11.9. The first-order valence-electron chi connectivity index (χ1n) is 6.36. The van der Waals surface area contributed by atoms with E-state index in [-0.39, 0.29) is 11.3 Å². The number of hydrazine groups is 1. The van der Waals surface area contributed by atoms with Gasteiger partial charge in [-0.25, -0.2) is 5.84 Å². The Labute approximate surface area is 124 Å². The number of fused-ring (bicyclic) bond motifs is 1. The van der Waals surface area contributed by atoms with Crippen LogP contribution in [-0.4, -0.2) is 10.5 Å². The van der Waals surface area contributed by atoms with E-state index in [2.05, 4.69) is 5.43 Å². The smallest absolute Gasteiger partial charge is 0.275 e. The molecule has 1 aromatic carbocycles. The van der Waals surface area contributed by atoms with E-state index >= 15 is 0 Å². The van der Waals surface area contributed by atoms with Gasteiger partial charge in [-0.3, -0.25) is 15.0 Å². The van der Waals surface area contributed by atoms with Crippen LogP contribution in [0.25, 0.3) is 10.1 Å². The summed E-state index contributed by atoms with van der Waals surface area (Å²) in [6, 6.07) is 10.8. The molecule has 106 valence electrons. The number of hydrogen-bond donors (Lipinski definition) is 2. The molecule has 5 nitrogen and oxygen atoms in total. The minimum atomic E-state index is -0.299. The van der Waals surface area contributed by atoms with Crippen molar-refractivity contribution >= 4 is 27.3 Å². The fourth-order valence-corrected chi connectivity index (χ4v) is 3.35. The average Bonchev–Trinajstić information content (AvgIpc) is 2.88. The number of rotatable bonds is 3. The molecule has 0 fully saturated rings. The van der Waals surface area contributed by atoms with Crippen molar-refractivity contribution in [3.63, 3.8) is 0 Å². The van der Waals surface area contributed by atoms with E-state index in [1.54, 1.807) is 12.4 Å². The Hall–Kier alpha value is -2.44. The summed E-state index contributed by atoms with van der Waals surface area (Å²) < 4.78 is 2.90. The molecule has 0 spiro atoms. The number of benzene rings is 1. The molecule has 0 unspecified atom stereocenters. The van der Waals surface area contributed by atoms with Gasteiger partial charge in [-0.2, -0.15) is 0 Å². The Morgan fingerprint density at radius 1 is 1.19 bits per heavy atom. The molecule has 0 aliphatic heterocycles. The molecule has 3 aromatic rings. The van der Waals surface area contributed by atoms with Gasteiger partial charge in [0.15, 0.2) is 5.43 Å². The molecule has 3 rings (SSSR count). The van der Waals surface area contributed by atoms with Crippen molar-refractivity contribution in [1.29, 1.82) is 0 Å².